The van der Waals surface area contributed by atoms with E-state index in [0.29, 0.717) is 5.56 Å². The number of benzene rings is 2. The summed E-state index contributed by atoms with van der Waals surface area (Å²) in [6.07, 6.45) is 0. The van der Waals surface area contributed by atoms with Gasteiger partial charge in [0, 0.05) is 22.8 Å². The van der Waals surface area contributed by atoms with Crippen molar-refractivity contribution < 1.29 is 28.2 Å². The zero-order chi connectivity index (χ0) is 20.1. The number of ether oxygens (including phenoxy) is 3. The van der Waals surface area contributed by atoms with E-state index in [0.717, 1.165) is 6.07 Å². The number of hydrogen-bond donors (Lipinski definition) is 0. The highest BCUT2D eigenvalue weighted by Gasteiger charge is 2.15. The van der Waals surface area contributed by atoms with E-state index in [1.807, 2.05) is 0 Å². The van der Waals surface area contributed by atoms with Crippen molar-refractivity contribution in [3.63, 3.8) is 0 Å². The molecule has 0 fully saturated rings. The molecule has 0 bridgehead atoms. The van der Waals surface area contributed by atoms with Gasteiger partial charge in [0.15, 0.2) is 11.5 Å². The van der Waals surface area contributed by atoms with Gasteiger partial charge in [0.2, 0.25) is 0 Å². The molecule has 0 amide bonds. The average molecular weight is 370 g/mol. The summed E-state index contributed by atoms with van der Waals surface area (Å²) >= 11 is 0. The van der Waals surface area contributed by atoms with Gasteiger partial charge in [0.05, 0.1) is 7.11 Å². The zero-order valence-electron chi connectivity index (χ0n) is 15.3. The van der Waals surface area contributed by atoms with E-state index in [4.69, 9.17) is 14.2 Å². The van der Waals surface area contributed by atoms with Gasteiger partial charge in [-0.1, -0.05) is 19.2 Å². The Hall–Kier alpha value is -3.41. The maximum atomic E-state index is 14.5. The molecule has 0 unspecified atom stereocenters. The molecule has 0 heterocycles. The van der Waals surface area contributed by atoms with Gasteiger partial charge in [-0.2, -0.15) is 0 Å². The maximum absolute atomic E-state index is 14.5. The monoisotopic (exact) mass is 370 g/mol. The first-order chi connectivity index (χ1) is 12.7. The molecule has 6 heteroatoms. The van der Waals surface area contributed by atoms with Crippen molar-refractivity contribution in [2.45, 2.75) is 13.8 Å². The molecule has 140 valence electrons. The fourth-order valence-corrected chi connectivity index (χ4v) is 2.09. The number of methoxy groups -OCH3 is 1. The highest BCUT2D eigenvalue weighted by Crippen LogP contribution is 2.34. The number of carbonyl (C=O) groups is 2. The summed E-state index contributed by atoms with van der Waals surface area (Å²) in [4.78, 5) is 23.2. The predicted molar refractivity (Wildman–Crippen MR) is 99.3 cm³/mol. The number of carbonyl (C=O) groups excluding carboxylic acids is 2. The predicted octanol–water partition coefficient (Wildman–Crippen LogP) is 4.46. The van der Waals surface area contributed by atoms with E-state index in [-0.39, 0.29) is 34.0 Å². The number of hydrogen-bond acceptors (Lipinski definition) is 5. The first kappa shape index (κ1) is 19.9. The van der Waals surface area contributed by atoms with Gasteiger partial charge in [0.25, 0.3) is 0 Å². The normalized spacial score (nSPS) is 10.1. The molecule has 0 spiro atoms. The minimum absolute atomic E-state index is 0.0724. The van der Waals surface area contributed by atoms with Gasteiger partial charge in [-0.15, -0.1) is 0 Å². The summed E-state index contributed by atoms with van der Waals surface area (Å²) in [6.45, 7) is 10.0. The van der Waals surface area contributed by atoms with Crippen LogP contribution in [-0.4, -0.2) is 19.0 Å². The molecule has 2 aromatic rings. The standard InChI is InChI=1S/C21H19FO5/c1-12(2)20(23)26-15-7-8-16(17(22)11-15)14-6-9-18(19(10-14)25-5)27-21(24)13(3)4/h6-11H,1,3H2,2,4-5H3. The quantitative estimate of drug-likeness (QED) is 0.427. The average Bonchev–Trinajstić information content (AvgIpc) is 2.62. The molecule has 0 N–H and O–H groups in total. The van der Waals surface area contributed by atoms with Crippen LogP contribution in [0.4, 0.5) is 4.39 Å². The van der Waals surface area contributed by atoms with E-state index in [2.05, 4.69) is 13.2 Å². The number of esters is 2. The Balaban J connectivity index is 2.32. The van der Waals surface area contributed by atoms with Crippen LogP contribution in [-0.2, 0) is 9.59 Å². The molecule has 2 rings (SSSR count). The summed E-state index contributed by atoms with van der Waals surface area (Å²) in [7, 11) is 1.41. The molecule has 5 nitrogen and oxygen atoms in total. The Bertz CT molecular complexity index is 930. The van der Waals surface area contributed by atoms with Crippen LogP contribution in [0.1, 0.15) is 13.8 Å². The Morgan fingerprint density at radius 2 is 1.52 bits per heavy atom. The van der Waals surface area contributed by atoms with E-state index in [9.17, 15) is 14.0 Å². The van der Waals surface area contributed by atoms with Crippen LogP contribution >= 0.6 is 0 Å². The lowest BCUT2D eigenvalue weighted by molar-refractivity contribution is -0.131. The molecule has 0 saturated heterocycles. The van der Waals surface area contributed by atoms with Crippen molar-refractivity contribution in [3.05, 3.63) is 66.5 Å². The van der Waals surface area contributed by atoms with E-state index in [1.54, 1.807) is 12.1 Å². The minimum Gasteiger partial charge on any atom is -0.493 e. The van der Waals surface area contributed by atoms with Crippen LogP contribution in [0, 0.1) is 5.82 Å². The van der Waals surface area contributed by atoms with Crippen molar-refractivity contribution in [2.75, 3.05) is 7.11 Å². The fourth-order valence-electron chi connectivity index (χ4n) is 2.09. The zero-order valence-corrected chi connectivity index (χ0v) is 15.3. The molecule has 0 aliphatic heterocycles. The summed E-state index contributed by atoms with van der Waals surface area (Å²) < 4.78 is 29.9. The van der Waals surface area contributed by atoms with Crippen molar-refractivity contribution in [1.82, 2.24) is 0 Å². The van der Waals surface area contributed by atoms with Crippen LogP contribution in [0.15, 0.2) is 60.7 Å². The van der Waals surface area contributed by atoms with Gasteiger partial charge < -0.3 is 14.2 Å². The lowest BCUT2D eigenvalue weighted by Gasteiger charge is -2.12. The molecular formula is C21H19FO5. The van der Waals surface area contributed by atoms with E-state index >= 15 is 0 Å². The number of halogens is 1. The SMILES string of the molecule is C=C(C)C(=O)Oc1ccc(-c2ccc(OC(=O)C(=C)C)c(OC)c2)c(F)c1. The van der Waals surface area contributed by atoms with Gasteiger partial charge in [-0.3, -0.25) is 0 Å². The van der Waals surface area contributed by atoms with Gasteiger partial charge >= 0.3 is 11.9 Å². The van der Waals surface area contributed by atoms with Crippen LogP contribution in [0.25, 0.3) is 11.1 Å². The molecular weight excluding hydrogens is 351 g/mol. The maximum Gasteiger partial charge on any atom is 0.338 e. The van der Waals surface area contributed by atoms with Crippen LogP contribution < -0.4 is 14.2 Å². The lowest BCUT2D eigenvalue weighted by atomic mass is 10.0. The molecule has 0 radical (unpaired) electrons. The van der Waals surface area contributed by atoms with Crippen molar-refractivity contribution in [3.8, 4) is 28.4 Å². The Labute approximate surface area is 156 Å². The molecule has 0 atom stereocenters. The summed E-state index contributed by atoms with van der Waals surface area (Å²) in [5, 5.41) is 0. The minimum atomic E-state index is -0.632. The molecule has 27 heavy (non-hydrogen) atoms. The first-order valence-electron chi connectivity index (χ1n) is 7.96. The second-order valence-electron chi connectivity index (χ2n) is 5.85. The van der Waals surface area contributed by atoms with Crippen molar-refractivity contribution >= 4 is 11.9 Å². The third-order valence-corrected chi connectivity index (χ3v) is 3.53. The third-order valence-electron chi connectivity index (χ3n) is 3.53. The molecule has 0 aromatic heterocycles. The Kier molecular flexibility index (Phi) is 6.13. The van der Waals surface area contributed by atoms with Crippen LogP contribution in [0.5, 0.6) is 17.2 Å². The van der Waals surface area contributed by atoms with Crippen LogP contribution in [0.2, 0.25) is 0 Å². The second-order valence-corrected chi connectivity index (χ2v) is 5.85. The van der Waals surface area contributed by atoms with Crippen molar-refractivity contribution in [2.24, 2.45) is 0 Å². The van der Waals surface area contributed by atoms with Gasteiger partial charge in [0.1, 0.15) is 11.6 Å². The molecule has 0 aliphatic rings. The molecule has 0 saturated carbocycles. The van der Waals surface area contributed by atoms with Crippen molar-refractivity contribution in [1.29, 1.82) is 0 Å². The molecule has 0 aliphatic carbocycles. The summed E-state index contributed by atoms with van der Waals surface area (Å²) in [5.41, 5.74) is 1.22. The summed E-state index contributed by atoms with van der Waals surface area (Å²) in [6, 6.07) is 8.69. The van der Waals surface area contributed by atoms with Gasteiger partial charge in [-0.05, 0) is 43.7 Å². The highest BCUT2D eigenvalue weighted by molar-refractivity contribution is 5.89. The lowest BCUT2D eigenvalue weighted by Crippen LogP contribution is -2.09. The van der Waals surface area contributed by atoms with E-state index in [1.165, 1.54) is 39.2 Å². The topological polar surface area (TPSA) is 61.8 Å². The molecule has 2 aromatic carbocycles. The highest BCUT2D eigenvalue weighted by atomic mass is 19.1. The Morgan fingerprint density at radius 3 is 2.07 bits per heavy atom. The largest absolute Gasteiger partial charge is 0.493 e. The fraction of sp³-hybridized carbons (Fsp3) is 0.143. The van der Waals surface area contributed by atoms with Crippen LogP contribution in [0.3, 0.4) is 0 Å². The smallest absolute Gasteiger partial charge is 0.338 e. The summed E-state index contributed by atoms with van der Waals surface area (Å²) in [5.74, 6) is -1.27. The van der Waals surface area contributed by atoms with Gasteiger partial charge in [-0.25, -0.2) is 14.0 Å². The Morgan fingerprint density at radius 1 is 0.889 bits per heavy atom. The first-order valence-corrected chi connectivity index (χ1v) is 7.96. The number of rotatable bonds is 6. The van der Waals surface area contributed by atoms with E-state index < -0.39 is 17.8 Å². The second kappa shape index (κ2) is 8.31. The third kappa shape index (κ3) is 4.82.